The van der Waals surface area contributed by atoms with Crippen LogP contribution in [0.4, 0.5) is 16.4 Å². The van der Waals surface area contributed by atoms with Crippen molar-refractivity contribution in [2.24, 2.45) is 0 Å². The van der Waals surface area contributed by atoms with Crippen LogP contribution in [0.5, 0.6) is 0 Å². The van der Waals surface area contributed by atoms with Crippen molar-refractivity contribution < 1.29 is 23.9 Å². The van der Waals surface area contributed by atoms with Gasteiger partial charge in [0.2, 0.25) is 5.91 Å². The number of amides is 3. The van der Waals surface area contributed by atoms with Crippen LogP contribution < -0.4 is 16.0 Å². The maximum absolute atomic E-state index is 14.0. The first-order valence-electron chi connectivity index (χ1n) is 14.3. The van der Waals surface area contributed by atoms with Crippen LogP contribution >= 0.6 is 23.1 Å². The number of hydrogen-bond donors (Lipinski definition) is 3. The SMILES string of the molecule is COC(=O)c1c(NC(=O)C(Sc2cccc(NC(=O)c3ccc(C)cc3)c2)c2ccccc2)sc(C(=O)Nc2ccccc2)c1C. The lowest BCUT2D eigenvalue weighted by Gasteiger charge is -2.18. The number of carbonyl (C=O) groups excluding carboxylic acids is 4. The van der Waals surface area contributed by atoms with Gasteiger partial charge in [-0.05, 0) is 67.4 Å². The van der Waals surface area contributed by atoms with Gasteiger partial charge in [0.05, 0.1) is 17.6 Å². The van der Waals surface area contributed by atoms with E-state index in [4.69, 9.17) is 4.74 Å². The largest absolute Gasteiger partial charge is 0.465 e. The molecule has 3 N–H and O–H groups in total. The summed E-state index contributed by atoms with van der Waals surface area (Å²) in [6.07, 6.45) is 0. The number of benzene rings is 4. The maximum atomic E-state index is 14.0. The molecule has 0 saturated heterocycles. The van der Waals surface area contributed by atoms with Crippen LogP contribution in [-0.4, -0.2) is 30.8 Å². The molecule has 5 rings (SSSR count). The molecule has 5 aromatic rings. The van der Waals surface area contributed by atoms with Gasteiger partial charge in [0.25, 0.3) is 11.8 Å². The van der Waals surface area contributed by atoms with Crippen LogP contribution in [0.25, 0.3) is 0 Å². The van der Waals surface area contributed by atoms with Crippen molar-refractivity contribution in [1.82, 2.24) is 0 Å². The number of para-hydroxylation sites is 1. The zero-order chi connectivity index (χ0) is 32.6. The highest BCUT2D eigenvalue weighted by atomic mass is 32.2. The van der Waals surface area contributed by atoms with Gasteiger partial charge in [0, 0.05) is 21.8 Å². The lowest BCUT2D eigenvalue weighted by Crippen LogP contribution is -2.20. The lowest BCUT2D eigenvalue weighted by atomic mass is 10.1. The van der Waals surface area contributed by atoms with E-state index in [0.717, 1.165) is 27.4 Å². The van der Waals surface area contributed by atoms with Crippen LogP contribution in [0.2, 0.25) is 0 Å². The van der Waals surface area contributed by atoms with Crippen LogP contribution in [0.15, 0.2) is 114 Å². The molecule has 232 valence electrons. The van der Waals surface area contributed by atoms with Crippen LogP contribution in [-0.2, 0) is 9.53 Å². The third-order valence-corrected chi connectivity index (χ3v) is 9.47. The van der Waals surface area contributed by atoms with Crippen LogP contribution in [0.3, 0.4) is 0 Å². The molecule has 8 nitrogen and oxygen atoms in total. The highest BCUT2D eigenvalue weighted by Gasteiger charge is 2.29. The fourth-order valence-corrected chi connectivity index (χ4v) is 6.82. The lowest BCUT2D eigenvalue weighted by molar-refractivity contribution is -0.115. The highest BCUT2D eigenvalue weighted by Crippen LogP contribution is 2.40. The minimum Gasteiger partial charge on any atom is -0.465 e. The van der Waals surface area contributed by atoms with E-state index in [1.807, 2.05) is 67.6 Å². The molecule has 4 aromatic carbocycles. The van der Waals surface area contributed by atoms with Gasteiger partial charge >= 0.3 is 5.97 Å². The highest BCUT2D eigenvalue weighted by molar-refractivity contribution is 8.00. The Morgan fingerprint density at radius 2 is 1.35 bits per heavy atom. The molecular formula is C36H31N3O5S2. The molecule has 1 unspecified atom stereocenters. The van der Waals surface area contributed by atoms with Crippen molar-refractivity contribution in [2.45, 2.75) is 24.0 Å². The Hall–Kier alpha value is -5.19. The Kier molecular flexibility index (Phi) is 10.3. The third kappa shape index (κ3) is 7.71. The van der Waals surface area contributed by atoms with E-state index in [9.17, 15) is 19.2 Å². The summed E-state index contributed by atoms with van der Waals surface area (Å²) in [4.78, 5) is 53.9. The number of anilines is 3. The summed E-state index contributed by atoms with van der Waals surface area (Å²) >= 11 is 2.30. The van der Waals surface area contributed by atoms with E-state index in [1.54, 1.807) is 55.5 Å². The smallest absolute Gasteiger partial charge is 0.341 e. The van der Waals surface area contributed by atoms with E-state index in [0.29, 0.717) is 22.5 Å². The standard InChI is InChI=1S/C36H31N3O5S2/c1-22-17-19-25(20-18-22)32(40)38-27-15-10-16-28(21-27)45-31(24-11-6-4-7-12-24)34(42)39-35-29(36(43)44-3)23(2)30(46-35)33(41)37-26-13-8-5-9-14-26/h4-21,31H,1-3H3,(H,37,41)(H,38,40)(H,39,42). The Balaban J connectivity index is 1.41. The van der Waals surface area contributed by atoms with Crippen LogP contribution in [0.1, 0.15) is 52.3 Å². The predicted octanol–water partition coefficient (Wildman–Crippen LogP) is 8.13. The molecule has 46 heavy (non-hydrogen) atoms. The molecule has 1 heterocycles. The average Bonchev–Trinajstić information content (AvgIpc) is 3.39. The minimum absolute atomic E-state index is 0.122. The van der Waals surface area contributed by atoms with E-state index in [2.05, 4.69) is 16.0 Å². The maximum Gasteiger partial charge on any atom is 0.341 e. The Bertz CT molecular complexity index is 1870. The molecule has 3 amide bonds. The van der Waals surface area contributed by atoms with Crippen molar-refractivity contribution in [3.63, 3.8) is 0 Å². The number of thiophene rings is 1. The summed E-state index contributed by atoms with van der Waals surface area (Å²) in [6.45, 7) is 3.61. The topological polar surface area (TPSA) is 114 Å². The molecule has 0 saturated carbocycles. The number of rotatable bonds is 10. The summed E-state index contributed by atoms with van der Waals surface area (Å²) in [5.41, 5.74) is 4.03. The normalized spacial score (nSPS) is 11.3. The number of aryl methyl sites for hydroxylation is 1. The summed E-state index contributed by atoms with van der Waals surface area (Å²) in [7, 11) is 1.25. The first-order valence-corrected chi connectivity index (χ1v) is 16.0. The third-order valence-electron chi connectivity index (χ3n) is 7.01. The van der Waals surface area contributed by atoms with Crippen molar-refractivity contribution in [3.8, 4) is 0 Å². The Labute approximate surface area is 275 Å². The van der Waals surface area contributed by atoms with Crippen molar-refractivity contribution in [3.05, 3.63) is 142 Å². The molecule has 0 aliphatic heterocycles. The summed E-state index contributed by atoms with van der Waals surface area (Å²) in [5, 5.41) is 8.14. The number of nitrogens with one attached hydrogen (secondary N) is 3. The summed E-state index contributed by atoms with van der Waals surface area (Å²) < 4.78 is 5.02. The number of carbonyl (C=O) groups is 4. The van der Waals surface area contributed by atoms with Gasteiger partial charge < -0.3 is 20.7 Å². The Morgan fingerprint density at radius 1 is 0.717 bits per heavy atom. The fourth-order valence-electron chi connectivity index (χ4n) is 4.64. The van der Waals surface area contributed by atoms with Gasteiger partial charge in [-0.3, -0.25) is 14.4 Å². The van der Waals surface area contributed by atoms with Gasteiger partial charge in [-0.15, -0.1) is 23.1 Å². The van der Waals surface area contributed by atoms with E-state index in [1.165, 1.54) is 18.9 Å². The monoisotopic (exact) mass is 649 g/mol. The second kappa shape index (κ2) is 14.7. The molecule has 0 radical (unpaired) electrons. The van der Waals surface area contributed by atoms with Crippen molar-refractivity contribution >= 4 is 63.2 Å². The van der Waals surface area contributed by atoms with Gasteiger partial charge in [-0.25, -0.2) is 4.79 Å². The predicted molar refractivity (Wildman–Crippen MR) is 184 cm³/mol. The molecule has 0 spiro atoms. The van der Waals surface area contributed by atoms with E-state index >= 15 is 0 Å². The second-order valence-corrected chi connectivity index (χ2v) is 12.5. The first kappa shape index (κ1) is 32.2. The summed E-state index contributed by atoms with van der Waals surface area (Å²) in [6, 6.07) is 32.8. The van der Waals surface area contributed by atoms with Gasteiger partial charge in [-0.2, -0.15) is 0 Å². The average molecular weight is 650 g/mol. The van der Waals surface area contributed by atoms with Gasteiger partial charge in [-0.1, -0.05) is 72.3 Å². The van der Waals surface area contributed by atoms with E-state index < -0.39 is 23.0 Å². The van der Waals surface area contributed by atoms with Crippen LogP contribution in [0, 0.1) is 13.8 Å². The molecule has 1 atom stereocenters. The number of thioether (sulfide) groups is 1. The molecule has 1 aromatic heterocycles. The number of hydrogen-bond acceptors (Lipinski definition) is 7. The number of esters is 1. The Morgan fingerprint density at radius 3 is 2.02 bits per heavy atom. The number of ether oxygens (including phenoxy) is 1. The van der Waals surface area contributed by atoms with Gasteiger partial charge in [0.1, 0.15) is 10.3 Å². The molecule has 0 aliphatic rings. The zero-order valence-corrected chi connectivity index (χ0v) is 27.0. The van der Waals surface area contributed by atoms with Crippen molar-refractivity contribution in [1.29, 1.82) is 0 Å². The molecular weight excluding hydrogens is 619 g/mol. The fraction of sp³-hybridized carbons (Fsp3) is 0.111. The first-order chi connectivity index (χ1) is 22.2. The van der Waals surface area contributed by atoms with Gasteiger partial charge in [0.15, 0.2) is 0 Å². The number of methoxy groups -OCH3 is 1. The second-order valence-electron chi connectivity index (χ2n) is 10.3. The van der Waals surface area contributed by atoms with E-state index in [-0.39, 0.29) is 21.3 Å². The molecule has 0 bridgehead atoms. The summed E-state index contributed by atoms with van der Waals surface area (Å²) in [5.74, 6) is -1.71. The molecule has 0 aliphatic carbocycles. The molecule has 0 fully saturated rings. The molecule has 10 heteroatoms. The quantitative estimate of drug-likeness (QED) is 0.104. The zero-order valence-electron chi connectivity index (χ0n) is 25.3. The van der Waals surface area contributed by atoms with Crippen molar-refractivity contribution in [2.75, 3.05) is 23.1 Å². The minimum atomic E-state index is -0.737.